The summed E-state index contributed by atoms with van der Waals surface area (Å²) >= 11 is 0. The van der Waals surface area contributed by atoms with Gasteiger partial charge in [0, 0.05) is 19.0 Å². The highest BCUT2D eigenvalue weighted by Crippen LogP contribution is 2.25. The molecule has 1 aliphatic carbocycles. The van der Waals surface area contributed by atoms with Crippen LogP contribution in [0.4, 0.5) is 0 Å². The van der Waals surface area contributed by atoms with Crippen molar-refractivity contribution in [2.45, 2.75) is 38.3 Å². The summed E-state index contributed by atoms with van der Waals surface area (Å²) in [6.07, 6.45) is 4.36. The van der Waals surface area contributed by atoms with Crippen molar-refractivity contribution >= 4 is 0 Å². The Morgan fingerprint density at radius 1 is 1.24 bits per heavy atom. The van der Waals surface area contributed by atoms with E-state index in [1.54, 1.807) is 0 Å². The van der Waals surface area contributed by atoms with Crippen molar-refractivity contribution in [2.75, 3.05) is 13.2 Å². The summed E-state index contributed by atoms with van der Waals surface area (Å²) in [5, 5.41) is 13.2. The molecule has 1 heterocycles. The third-order valence-electron chi connectivity index (χ3n) is 4.03. The van der Waals surface area contributed by atoms with E-state index in [0.29, 0.717) is 37.3 Å². The summed E-state index contributed by atoms with van der Waals surface area (Å²) in [4.78, 5) is 6.71. The van der Waals surface area contributed by atoms with E-state index in [2.05, 4.69) is 27.2 Å². The highest BCUT2D eigenvalue weighted by molar-refractivity contribution is 5.18. The number of nitrogens with zero attached hydrogens (tertiary/aromatic N) is 3. The number of aromatic nitrogens is 2. The van der Waals surface area contributed by atoms with Crippen molar-refractivity contribution in [1.82, 2.24) is 15.0 Å². The summed E-state index contributed by atoms with van der Waals surface area (Å²) in [6.45, 7) is 1.47. The van der Waals surface area contributed by atoms with Gasteiger partial charge in [-0.1, -0.05) is 41.9 Å². The Labute approximate surface area is 124 Å². The highest BCUT2D eigenvalue weighted by atomic mass is 16.5. The van der Waals surface area contributed by atoms with Crippen LogP contribution in [0.3, 0.4) is 0 Å². The van der Waals surface area contributed by atoms with E-state index in [1.165, 1.54) is 24.8 Å². The first-order valence-electron chi connectivity index (χ1n) is 7.55. The zero-order valence-corrected chi connectivity index (χ0v) is 12.1. The first kappa shape index (κ1) is 14.2. The minimum Gasteiger partial charge on any atom is -0.395 e. The average Bonchev–Trinajstić information content (AvgIpc) is 2.85. The Bertz CT molecular complexity index is 552. The van der Waals surface area contributed by atoms with Crippen LogP contribution in [0.1, 0.15) is 36.5 Å². The molecule has 1 aliphatic rings. The molecule has 0 atom stereocenters. The fourth-order valence-corrected chi connectivity index (χ4v) is 2.65. The average molecular weight is 287 g/mol. The number of hydrogen-bond donors (Lipinski definition) is 1. The van der Waals surface area contributed by atoms with Gasteiger partial charge in [0.15, 0.2) is 5.82 Å². The number of aliphatic hydroxyl groups is 1. The van der Waals surface area contributed by atoms with Crippen LogP contribution >= 0.6 is 0 Å². The zero-order chi connectivity index (χ0) is 14.5. The molecule has 112 valence electrons. The second kappa shape index (κ2) is 6.83. The molecule has 1 aromatic heterocycles. The molecule has 2 aromatic rings. The predicted molar refractivity (Wildman–Crippen MR) is 78.7 cm³/mol. The van der Waals surface area contributed by atoms with Crippen molar-refractivity contribution in [3.63, 3.8) is 0 Å². The lowest BCUT2D eigenvalue weighted by atomic mass is 9.91. The van der Waals surface area contributed by atoms with Crippen LogP contribution in [0, 0.1) is 0 Å². The molecule has 0 saturated heterocycles. The Kier molecular flexibility index (Phi) is 4.62. The maximum absolute atomic E-state index is 9.17. The Balaban J connectivity index is 1.61. The lowest BCUT2D eigenvalue weighted by Gasteiger charge is -2.36. The number of rotatable bonds is 7. The normalized spacial score (nSPS) is 15.3. The lowest BCUT2D eigenvalue weighted by molar-refractivity contribution is 0.0838. The Morgan fingerprint density at radius 2 is 2.05 bits per heavy atom. The maximum Gasteiger partial charge on any atom is 0.240 e. The number of aliphatic hydroxyl groups excluding tert-OH is 1. The van der Waals surface area contributed by atoms with E-state index >= 15 is 0 Å². The molecule has 0 unspecified atom stereocenters. The van der Waals surface area contributed by atoms with E-state index in [4.69, 9.17) is 4.52 Å². The van der Waals surface area contributed by atoms with Crippen molar-refractivity contribution in [3.05, 3.63) is 47.6 Å². The van der Waals surface area contributed by atoms with Gasteiger partial charge in [0.1, 0.15) is 0 Å². The molecule has 0 spiro atoms. The van der Waals surface area contributed by atoms with E-state index < -0.39 is 0 Å². The van der Waals surface area contributed by atoms with Gasteiger partial charge in [-0.2, -0.15) is 4.98 Å². The molecule has 1 aromatic carbocycles. The molecule has 0 bridgehead atoms. The third-order valence-corrected chi connectivity index (χ3v) is 4.03. The molecule has 1 saturated carbocycles. The first-order valence-corrected chi connectivity index (χ1v) is 7.55. The minimum absolute atomic E-state index is 0.168. The zero-order valence-electron chi connectivity index (χ0n) is 12.1. The molecule has 1 N–H and O–H groups in total. The molecular weight excluding hydrogens is 266 g/mol. The Hall–Kier alpha value is -1.72. The lowest BCUT2D eigenvalue weighted by Crippen LogP contribution is -2.41. The molecular formula is C16H21N3O2. The predicted octanol–water partition coefficient (Wildman–Crippen LogP) is 2.01. The SMILES string of the molecule is OCCN(Cc1nc(Cc2ccccc2)no1)C1CCC1. The molecule has 3 rings (SSSR count). The second-order valence-electron chi connectivity index (χ2n) is 5.55. The number of benzene rings is 1. The molecule has 21 heavy (non-hydrogen) atoms. The largest absolute Gasteiger partial charge is 0.395 e. The van der Waals surface area contributed by atoms with Crippen LogP contribution in [-0.2, 0) is 13.0 Å². The van der Waals surface area contributed by atoms with Crippen LogP contribution in [0.2, 0.25) is 0 Å². The molecule has 0 aliphatic heterocycles. The van der Waals surface area contributed by atoms with Gasteiger partial charge in [0.05, 0.1) is 13.2 Å². The smallest absolute Gasteiger partial charge is 0.240 e. The monoisotopic (exact) mass is 287 g/mol. The summed E-state index contributed by atoms with van der Waals surface area (Å²) in [5.74, 6) is 1.36. The van der Waals surface area contributed by atoms with Gasteiger partial charge in [-0.15, -0.1) is 0 Å². The van der Waals surface area contributed by atoms with Crippen molar-refractivity contribution in [3.8, 4) is 0 Å². The third kappa shape index (κ3) is 3.68. The second-order valence-corrected chi connectivity index (χ2v) is 5.55. The van der Waals surface area contributed by atoms with Crippen LogP contribution in [0.5, 0.6) is 0 Å². The quantitative estimate of drug-likeness (QED) is 0.844. The van der Waals surface area contributed by atoms with Crippen LogP contribution in [-0.4, -0.2) is 39.3 Å². The molecule has 5 nitrogen and oxygen atoms in total. The summed E-state index contributed by atoms with van der Waals surface area (Å²) in [7, 11) is 0. The summed E-state index contributed by atoms with van der Waals surface area (Å²) < 4.78 is 5.35. The van der Waals surface area contributed by atoms with E-state index in [-0.39, 0.29) is 6.61 Å². The topological polar surface area (TPSA) is 62.4 Å². The van der Waals surface area contributed by atoms with E-state index in [0.717, 1.165) is 0 Å². The van der Waals surface area contributed by atoms with Gasteiger partial charge in [0.25, 0.3) is 0 Å². The molecule has 0 amide bonds. The van der Waals surface area contributed by atoms with Crippen molar-refractivity contribution in [1.29, 1.82) is 0 Å². The fraction of sp³-hybridized carbons (Fsp3) is 0.500. The minimum atomic E-state index is 0.168. The van der Waals surface area contributed by atoms with Gasteiger partial charge >= 0.3 is 0 Å². The van der Waals surface area contributed by atoms with Gasteiger partial charge in [-0.05, 0) is 18.4 Å². The van der Waals surface area contributed by atoms with Crippen LogP contribution in [0.15, 0.2) is 34.9 Å². The number of hydrogen-bond acceptors (Lipinski definition) is 5. The van der Waals surface area contributed by atoms with Gasteiger partial charge in [-0.25, -0.2) is 0 Å². The van der Waals surface area contributed by atoms with Crippen LogP contribution in [0.25, 0.3) is 0 Å². The standard InChI is InChI=1S/C16H21N3O2/c20-10-9-19(14-7-4-8-14)12-16-17-15(18-21-16)11-13-5-2-1-3-6-13/h1-3,5-6,14,20H,4,7-12H2. The molecule has 0 radical (unpaired) electrons. The van der Waals surface area contributed by atoms with Gasteiger partial charge in [-0.3, -0.25) is 4.90 Å². The maximum atomic E-state index is 9.17. The van der Waals surface area contributed by atoms with E-state index in [9.17, 15) is 5.11 Å². The highest BCUT2D eigenvalue weighted by Gasteiger charge is 2.26. The van der Waals surface area contributed by atoms with Gasteiger partial charge < -0.3 is 9.63 Å². The van der Waals surface area contributed by atoms with Crippen LogP contribution < -0.4 is 0 Å². The summed E-state index contributed by atoms with van der Waals surface area (Å²) in [6, 6.07) is 10.7. The Morgan fingerprint density at radius 3 is 2.71 bits per heavy atom. The van der Waals surface area contributed by atoms with Crippen molar-refractivity contribution < 1.29 is 9.63 Å². The fourth-order valence-electron chi connectivity index (χ4n) is 2.65. The van der Waals surface area contributed by atoms with Crippen molar-refractivity contribution in [2.24, 2.45) is 0 Å². The molecule has 1 fully saturated rings. The first-order chi connectivity index (χ1) is 10.3. The van der Waals surface area contributed by atoms with Gasteiger partial charge in [0.2, 0.25) is 5.89 Å². The van der Waals surface area contributed by atoms with E-state index in [1.807, 2.05) is 18.2 Å². The summed E-state index contributed by atoms with van der Waals surface area (Å²) in [5.41, 5.74) is 1.18. The molecule has 5 heteroatoms.